The van der Waals surface area contributed by atoms with Gasteiger partial charge in [0, 0.05) is 42.1 Å². The van der Waals surface area contributed by atoms with Gasteiger partial charge in [0.1, 0.15) is 5.78 Å². The zero-order valence-electron chi connectivity index (χ0n) is 16.3. The highest BCUT2D eigenvalue weighted by Crippen LogP contribution is 2.26. The summed E-state index contributed by atoms with van der Waals surface area (Å²) in [6, 6.07) is 7.84. The molecule has 0 unspecified atom stereocenters. The van der Waals surface area contributed by atoms with E-state index >= 15 is 0 Å². The molecular weight excluding hydrogens is 376 g/mol. The van der Waals surface area contributed by atoms with E-state index < -0.39 is 5.92 Å². The molecule has 0 atom stereocenters. The van der Waals surface area contributed by atoms with Gasteiger partial charge in [0.05, 0.1) is 12.7 Å². The van der Waals surface area contributed by atoms with Crippen LogP contribution in [-0.2, 0) is 11.2 Å². The van der Waals surface area contributed by atoms with Gasteiger partial charge < -0.3 is 4.42 Å². The molecule has 7 heteroatoms. The lowest BCUT2D eigenvalue weighted by molar-refractivity contribution is -0.124. The minimum atomic E-state index is -2.70. The Labute approximate surface area is 167 Å². The van der Waals surface area contributed by atoms with E-state index in [1.54, 1.807) is 17.3 Å². The Hall–Kier alpha value is -2.67. The van der Waals surface area contributed by atoms with Crippen LogP contribution >= 0.6 is 0 Å². The molecule has 1 fully saturated rings. The van der Waals surface area contributed by atoms with E-state index in [1.165, 1.54) is 6.39 Å². The van der Waals surface area contributed by atoms with E-state index in [4.69, 9.17) is 4.42 Å². The average Bonchev–Trinajstić information content (AvgIpc) is 3.21. The van der Waals surface area contributed by atoms with Crippen LogP contribution in [0.4, 0.5) is 8.78 Å². The van der Waals surface area contributed by atoms with E-state index in [0.29, 0.717) is 31.7 Å². The normalized spacial score (nSPS) is 16.4. The third kappa shape index (κ3) is 4.85. The number of rotatable bonds is 6. The summed E-state index contributed by atoms with van der Waals surface area (Å²) in [4.78, 5) is 22.8. The standard InChI is InChI=1S/C22H23F2N3O2/c1-22(23,24)13-27-6-4-15(5-7-27)20(28)10-19-9-18-8-16(21-12-25-14-29-21)2-3-17(18)11-26-19/h2-3,8-9,11-12,14-15H,4-7,10,13H2,1H3. The van der Waals surface area contributed by atoms with Crippen LogP contribution in [-0.4, -0.2) is 46.2 Å². The molecule has 0 N–H and O–H groups in total. The van der Waals surface area contributed by atoms with Crippen molar-refractivity contribution in [2.45, 2.75) is 32.1 Å². The number of pyridine rings is 1. The van der Waals surface area contributed by atoms with Crippen LogP contribution in [0.1, 0.15) is 25.5 Å². The van der Waals surface area contributed by atoms with Gasteiger partial charge in [-0.3, -0.25) is 14.7 Å². The number of benzene rings is 1. The predicted octanol–water partition coefficient (Wildman–Crippen LogP) is 4.37. The van der Waals surface area contributed by atoms with Crippen molar-refractivity contribution in [3.63, 3.8) is 0 Å². The Bertz CT molecular complexity index is 991. The van der Waals surface area contributed by atoms with Crippen molar-refractivity contribution in [3.05, 3.63) is 48.7 Å². The number of hydrogen-bond donors (Lipinski definition) is 0. The zero-order chi connectivity index (χ0) is 20.4. The average molecular weight is 399 g/mol. The van der Waals surface area contributed by atoms with Crippen molar-refractivity contribution in [3.8, 4) is 11.3 Å². The van der Waals surface area contributed by atoms with Crippen LogP contribution in [0.2, 0.25) is 0 Å². The molecule has 2 aromatic heterocycles. The number of aromatic nitrogens is 2. The minimum Gasteiger partial charge on any atom is -0.444 e. The number of carbonyl (C=O) groups excluding carboxylic acids is 1. The van der Waals surface area contributed by atoms with Gasteiger partial charge in [0.15, 0.2) is 12.2 Å². The quantitative estimate of drug-likeness (QED) is 0.616. The number of oxazole rings is 1. The second-order valence-corrected chi connectivity index (χ2v) is 7.87. The molecule has 152 valence electrons. The van der Waals surface area contributed by atoms with Crippen LogP contribution in [0, 0.1) is 5.92 Å². The van der Waals surface area contributed by atoms with E-state index in [0.717, 1.165) is 29.0 Å². The fraction of sp³-hybridized carbons (Fsp3) is 0.409. The number of hydrogen-bond acceptors (Lipinski definition) is 5. The Balaban J connectivity index is 1.42. The first-order valence-corrected chi connectivity index (χ1v) is 9.78. The second kappa shape index (κ2) is 7.99. The van der Waals surface area contributed by atoms with Gasteiger partial charge in [-0.25, -0.2) is 13.8 Å². The monoisotopic (exact) mass is 399 g/mol. The maximum atomic E-state index is 13.2. The molecule has 1 aliphatic rings. The molecule has 0 bridgehead atoms. The highest BCUT2D eigenvalue weighted by molar-refractivity contribution is 5.88. The van der Waals surface area contributed by atoms with Gasteiger partial charge in [-0.15, -0.1) is 0 Å². The predicted molar refractivity (Wildman–Crippen MR) is 106 cm³/mol. The van der Waals surface area contributed by atoms with E-state index in [1.807, 2.05) is 24.3 Å². The fourth-order valence-corrected chi connectivity index (χ4v) is 3.92. The van der Waals surface area contributed by atoms with Crippen LogP contribution in [0.15, 0.2) is 47.5 Å². The lowest BCUT2D eigenvalue weighted by Crippen LogP contribution is -2.42. The topological polar surface area (TPSA) is 59.2 Å². The van der Waals surface area contributed by atoms with Crippen molar-refractivity contribution in [2.24, 2.45) is 5.92 Å². The molecule has 0 amide bonds. The molecule has 0 aliphatic carbocycles. The summed E-state index contributed by atoms with van der Waals surface area (Å²) in [5.74, 6) is -1.97. The summed E-state index contributed by atoms with van der Waals surface area (Å²) in [7, 11) is 0. The minimum absolute atomic E-state index is 0.0882. The number of ketones is 1. The van der Waals surface area contributed by atoms with Crippen molar-refractivity contribution in [1.29, 1.82) is 0 Å². The van der Waals surface area contributed by atoms with Crippen molar-refractivity contribution in [1.82, 2.24) is 14.9 Å². The maximum Gasteiger partial charge on any atom is 0.257 e. The number of nitrogens with zero attached hydrogens (tertiary/aromatic N) is 3. The van der Waals surface area contributed by atoms with Crippen LogP contribution in [0.25, 0.3) is 22.1 Å². The number of fused-ring (bicyclic) bond motifs is 1. The van der Waals surface area contributed by atoms with Gasteiger partial charge in [-0.2, -0.15) is 0 Å². The molecule has 0 saturated carbocycles. The second-order valence-electron chi connectivity index (χ2n) is 7.87. The molecule has 1 aromatic carbocycles. The summed E-state index contributed by atoms with van der Waals surface area (Å²) in [6.45, 7) is 1.76. The van der Waals surface area contributed by atoms with E-state index in [2.05, 4.69) is 9.97 Å². The molecule has 1 saturated heterocycles. The molecule has 29 heavy (non-hydrogen) atoms. The van der Waals surface area contributed by atoms with Gasteiger partial charge >= 0.3 is 0 Å². The number of carbonyl (C=O) groups is 1. The first-order valence-electron chi connectivity index (χ1n) is 9.78. The third-order valence-corrected chi connectivity index (χ3v) is 5.39. The molecule has 0 spiro atoms. The Kier molecular flexibility index (Phi) is 5.41. The maximum absolute atomic E-state index is 13.2. The smallest absolute Gasteiger partial charge is 0.257 e. The van der Waals surface area contributed by atoms with Crippen molar-refractivity contribution < 1.29 is 18.0 Å². The molecule has 5 nitrogen and oxygen atoms in total. The fourth-order valence-electron chi connectivity index (χ4n) is 3.92. The highest BCUT2D eigenvalue weighted by atomic mass is 19.3. The first-order chi connectivity index (χ1) is 13.9. The Morgan fingerprint density at radius 3 is 2.69 bits per heavy atom. The van der Waals surface area contributed by atoms with Crippen LogP contribution < -0.4 is 0 Å². The molecular formula is C22H23F2N3O2. The number of alkyl halides is 2. The molecule has 3 heterocycles. The summed E-state index contributed by atoms with van der Waals surface area (Å²) in [6.07, 6.45) is 6.33. The van der Waals surface area contributed by atoms with Crippen molar-refractivity contribution >= 4 is 16.6 Å². The Morgan fingerprint density at radius 1 is 1.21 bits per heavy atom. The SMILES string of the molecule is CC(F)(F)CN1CCC(C(=O)Cc2cc3cc(-c4cnco4)ccc3cn2)CC1. The van der Waals surface area contributed by atoms with Crippen LogP contribution in [0.3, 0.4) is 0 Å². The summed E-state index contributed by atoms with van der Waals surface area (Å²) < 4.78 is 31.7. The van der Waals surface area contributed by atoms with Gasteiger partial charge in [-0.05, 0) is 43.5 Å². The molecule has 4 rings (SSSR count). The largest absolute Gasteiger partial charge is 0.444 e. The van der Waals surface area contributed by atoms with Crippen LogP contribution in [0.5, 0.6) is 0 Å². The number of halogens is 2. The lowest BCUT2D eigenvalue weighted by Gasteiger charge is -2.32. The van der Waals surface area contributed by atoms with Gasteiger partial charge in [0.25, 0.3) is 5.92 Å². The third-order valence-electron chi connectivity index (χ3n) is 5.39. The first kappa shape index (κ1) is 19.6. The number of piperidine rings is 1. The van der Waals surface area contributed by atoms with Crippen molar-refractivity contribution in [2.75, 3.05) is 19.6 Å². The summed E-state index contributed by atoms with van der Waals surface area (Å²) in [5.41, 5.74) is 1.64. The molecule has 3 aromatic rings. The van der Waals surface area contributed by atoms with Gasteiger partial charge in [-0.1, -0.05) is 12.1 Å². The molecule has 1 aliphatic heterocycles. The van der Waals surface area contributed by atoms with E-state index in [9.17, 15) is 13.6 Å². The highest BCUT2D eigenvalue weighted by Gasteiger charge is 2.30. The summed E-state index contributed by atoms with van der Waals surface area (Å²) >= 11 is 0. The number of likely N-dealkylation sites (tertiary alicyclic amines) is 1. The zero-order valence-corrected chi connectivity index (χ0v) is 16.3. The molecule has 0 radical (unpaired) electrons. The lowest BCUT2D eigenvalue weighted by atomic mass is 9.90. The summed E-state index contributed by atoms with van der Waals surface area (Å²) in [5, 5.41) is 1.97. The Morgan fingerprint density at radius 2 is 2.00 bits per heavy atom. The van der Waals surface area contributed by atoms with E-state index in [-0.39, 0.29) is 24.7 Å². The number of Topliss-reactive ketones (excluding diaryl/α,β-unsaturated/α-hetero) is 1. The van der Waals surface area contributed by atoms with Gasteiger partial charge in [0.2, 0.25) is 0 Å².